The molecule has 152 valence electrons. The molecule has 0 fully saturated rings. The highest BCUT2D eigenvalue weighted by Crippen LogP contribution is 2.32. The summed E-state index contributed by atoms with van der Waals surface area (Å²) in [6, 6.07) is 11.4. The Labute approximate surface area is 171 Å². The van der Waals surface area contributed by atoms with E-state index in [1.165, 1.54) is 0 Å². The minimum atomic E-state index is 0.471. The molecule has 0 saturated carbocycles. The van der Waals surface area contributed by atoms with Gasteiger partial charge >= 0.3 is 0 Å². The third-order valence-electron chi connectivity index (χ3n) is 3.70. The number of pyridine rings is 1. The summed E-state index contributed by atoms with van der Waals surface area (Å²) >= 11 is 0. The smallest absolute Gasteiger partial charge is 0.212 e. The minimum Gasteiger partial charge on any atom is -0.312 e. The van der Waals surface area contributed by atoms with Crippen LogP contribution in [0.25, 0.3) is 27.5 Å². The Morgan fingerprint density at radius 3 is 2.48 bits per heavy atom. The Bertz CT molecular complexity index is 1090. The van der Waals surface area contributed by atoms with Gasteiger partial charge in [0.1, 0.15) is 0 Å². The summed E-state index contributed by atoms with van der Waals surface area (Å²) in [6.07, 6.45) is 4.09. The molecule has 3 aromatic heterocycles. The van der Waals surface area contributed by atoms with E-state index in [2.05, 4.69) is 26.7 Å². The van der Waals surface area contributed by atoms with Gasteiger partial charge in [0.2, 0.25) is 6.41 Å². The maximum absolute atomic E-state index is 10.5. The van der Waals surface area contributed by atoms with Gasteiger partial charge in [0.15, 0.2) is 5.82 Å². The monoisotopic (exact) mass is 392 g/mol. The lowest BCUT2D eigenvalue weighted by molar-refractivity contribution is -0.105. The van der Waals surface area contributed by atoms with Crippen LogP contribution in [0.2, 0.25) is 0 Å². The molecule has 7 heteroatoms. The largest absolute Gasteiger partial charge is 0.312 e. The molecule has 0 aliphatic heterocycles. The van der Waals surface area contributed by atoms with Crippen LogP contribution in [-0.4, -0.2) is 26.2 Å². The summed E-state index contributed by atoms with van der Waals surface area (Å²) < 4.78 is 1.66. The Hall–Kier alpha value is -3.66. The van der Waals surface area contributed by atoms with Crippen molar-refractivity contribution >= 4 is 28.6 Å². The Kier molecular flexibility index (Phi) is 9.62. The molecule has 0 aliphatic rings. The highest BCUT2D eigenvalue weighted by atomic mass is 16.1. The molecule has 4 rings (SSSR count). The van der Waals surface area contributed by atoms with Gasteiger partial charge in [-0.3, -0.25) is 9.89 Å². The molecule has 1 aromatic carbocycles. The van der Waals surface area contributed by atoms with Gasteiger partial charge < -0.3 is 5.32 Å². The highest BCUT2D eigenvalue weighted by molar-refractivity contribution is 5.98. The molecule has 0 aliphatic carbocycles. The fourth-order valence-electron chi connectivity index (χ4n) is 2.70. The Balaban J connectivity index is 0.000000644. The summed E-state index contributed by atoms with van der Waals surface area (Å²) in [7, 11) is 0. The van der Waals surface area contributed by atoms with Crippen LogP contribution in [-0.2, 0) is 4.79 Å². The molecule has 4 aromatic rings. The lowest BCUT2D eigenvalue weighted by Gasteiger charge is -2.06. The first-order chi connectivity index (χ1) is 14.3. The fraction of sp³-hybridized carbons (Fsp3) is 0.273. The number of anilines is 1. The van der Waals surface area contributed by atoms with E-state index in [1.807, 2.05) is 59.7 Å². The molecule has 29 heavy (non-hydrogen) atoms. The number of aromatic nitrogens is 4. The number of carbonyl (C=O) groups excluding carboxylic acids is 1. The summed E-state index contributed by atoms with van der Waals surface area (Å²) in [6.45, 7) is 12.0. The van der Waals surface area contributed by atoms with E-state index in [1.54, 1.807) is 29.0 Å². The van der Waals surface area contributed by atoms with Crippen molar-refractivity contribution in [3.8, 4) is 17.2 Å². The van der Waals surface area contributed by atoms with Crippen molar-refractivity contribution in [2.45, 2.75) is 41.5 Å². The molecule has 3 heterocycles. The predicted molar refractivity (Wildman–Crippen MR) is 119 cm³/mol. The highest BCUT2D eigenvalue weighted by Gasteiger charge is 2.12. The van der Waals surface area contributed by atoms with Crippen molar-refractivity contribution in [1.82, 2.24) is 19.8 Å². The van der Waals surface area contributed by atoms with Crippen molar-refractivity contribution in [3.05, 3.63) is 48.3 Å². The maximum Gasteiger partial charge on any atom is 0.212 e. The number of nitrogens with one attached hydrogen (secondary N) is 2. The van der Waals surface area contributed by atoms with Crippen LogP contribution in [0.1, 0.15) is 47.1 Å². The number of carbonyl (C=O) groups is 1. The quantitative estimate of drug-likeness (QED) is 0.456. The molecule has 0 saturated heterocycles. The lowest BCUT2D eigenvalue weighted by Crippen LogP contribution is -1.94. The first kappa shape index (κ1) is 23.4. The van der Waals surface area contributed by atoms with Gasteiger partial charge in [-0.2, -0.15) is 15.5 Å². The summed E-state index contributed by atoms with van der Waals surface area (Å²) in [5, 5.41) is 24.0. The number of hydrogen-bond acceptors (Lipinski definition) is 4. The first-order valence-electron chi connectivity index (χ1n) is 9.86. The van der Waals surface area contributed by atoms with Crippen LogP contribution in [0.5, 0.6) is 0 Å². The van der Waals surface area contributed by atoms with E-state index >= 15 is 0 Å². The molecule has 7 nitrogen and oxygen atoms in total. The number of benzene rings is 1. The fourth-order valence-corrected chi connectivity index (χ4v) is 2.70. The molecule has 0 bridgehead atoms. The topological polar surface area (TPSA) is 98.9 Å². The molecule has 0 spiro atoms. The molecule has 0 unspecified atom stereocenters. The first-order valence-corrected chi connectivity index (χ1v) is 9.86. The summed E-state index contributed by atoms with van der Waals surface area (Å²) in [4.78, 5) is 10.5. The molecule has 0 radical (unpaired) electrons. The van der Waals surface area contributed by atoms with Gasteiger partial charge in [-0.25, -0.2) is 4.52 Å². The van der Waals surface area contributed by atoms with E-state index in [-0.39, 0.29) is 0 Å². The standard InChI is InChI=1S/C16H10N6O.3C2H6/c17-7-11-1-2-14-13(8-19-20-14)16(11)10-3-4-22-12(5-10)6-15(21-22)18-9-23;3*1-2/h1-6,8-9H,(H,19,20)(H,18,21,23);3*1-2H3. The average molecular weight is 393 g/mol. The van der Waals surface area contributed by atoms with Gasteiger partial charge in [-0.1, -0.05) is 41.5 Å². The number of nitriles is 1. The number of rotatable bonds is 3. The van der Waals surface area contributed by atoms with Gasteiger partial charge in [-0.05, 0) is 29.8 Å². The van der Waals surface area contributed by atoms with E-state index < -0.39 is 0 Å². The Morgan fingerprint density at radius 1 is 1.10 bits per heavy atom. The van der Waals surface area contributed by atoms with Crippen LogP contribution in [0.15, 0.2) is 42.7 Å². The van der Waals surface area contributed by atoms with Crippen LogP contribution >= 0.6 is 0 Å². The maximum atomic E-state index is 10.5. The molecule has 2 N–H and O–H groups in total. The second-order valence-electron chi connectivity index (χ2n) is 5.01. The zero-order valence-corrected chi connectivity index (χ0v) is 17.8. The van der Waals surface area contributed by atoms with Crippen LogP contribution in [0.3, 0.4) is 0 Å². The Morgan fingerprint density at radius 2 is 1.83 bits per heavy atom. The van der Waals surface area contributed by atoms with Crippen LogP contribution in [0.4, 0.5) is 5.82 Å². The second-order valence-corrected chi connectivity index (χ2v) is 5.01. The second kappa shape index (κ2) is 11.9. The van der Waals surface area contributed by atoms with Crippen molar-refractivity contribution in [3.63, 3.8) is 0 Å². The van der Waals surface area contributed by atoms with Gasteiger partial charge in [0, 0.05) is 23.2 Å². The van der Waals surface area contributed by atoms with Crippen molar-refractivity contribution in [2.24, 2.45) is 0 Å². The average Bonchev–Trinajstić information content (AvgIpc) is 3.43. The minimum absolute atomic E-state index is 0.471. The van der Waals surface area contributed by atoms with E-state index in [0.29, 0.717) is 17.8 Å². The van der Waals surface area contributed by atoms with Gasteiger partial charge in [0.25, 0.3) is 0 Å². The third-order valence-corrected chi connectivity index (χ3v) is 3.70. The van der Waals surface area contributed by atoms with E-state index in [4.69, 9.17) is 0 Å². The predicted octanol–water partition coefficient (Wildman–Crippen LogP) is 5.40. The number of hydrogen-bond donors (Lipinski definition) is 2. The van der Waals surface area contributed by atoms with E-state index in [0.717, 1.165) is 27.5 Å². The normalized spacial score (nSPS) is 9.14. The van der Waals surface area contributed by atoms with Gasteiger partial charge in [0.05, 0.1) is 28.9 Å². The summed E-state index contributed by atoms with van der Waals surface area (Å²) in [5.74, 6) is 0.471. The molecular formula is C22H28N6O. The zero-order valence-electron chi connectivity index (χ0n) is 17.8. The molecular weight excluding hydrogens is 364 g/mol. The number of amides is 1. The lowest BCUT2D eigenvalue weighted by atomic mass is 9.97. The number of H-pyrrole nitrogens is 1. The zero-order chi connectivity index (χ0) is 21.8. The van der Waals surface area contributed by atoms with Gasteiger partial charge in [-0.15, -0.1) is 0 Å². The molecule has 0 atom stereocenters. The number of nitrogens with zero attached hydrogens (tertiary/aromatic N) is 4. The SMILES string of the molecule is CC.CC.CC.N#Cc1ccc2[nH]ncc2c1-c1ccn2nc(NC=O)cc2c1. The van der Waals surface area contributed by atoms with Crippen molar-refractivity contribution in [2.75, 3.05) is 5.32 Å². The third kappa shape index (κ3) is 4.99. The number of aromatic amines is 1. The van der Waals surface area contributed by atoms with Crippen molar-refractivity contribution in [1.29, 1.82) is 5.26 Å². The number of fused-ring (bicyclic) bond motifs is 2. The van der Waals surface area contributed by atoms with Crippen molar-refractivity contribution < 1.29 is 4.79 Å². The molecule has 1 amide bonds. The van der Waals surface area contributed by atoms with Crippen LogP contribution < -0.4 is 5.32 Å². The summed E-state index contributed by atoms with van der Waals surface area (Å²) in [5.41, 5.74) is 3.98. The van der Waals surface area contributed by atoms with E-state index in [9.17, 15) is 10.1 Å². The van der Waals surface area contributed by atoms with Crippen LogP contribution in [0, 0.1) is 11.3 Å².